The molecule has 0 aromatic carbocycles. The Kier molecular flexibility index (Phi) is 7.67. The van der Waals surface area contributed by atoms with Crippen LogP contribution < -0.4 is 5.32 Å². The molecule has 1 atom stereocenters. The van der Waals surface area contributed by atoms with Gasteiger partial charge in [-0.1, -0.05) is 25.6 Å². The minimum Gasteiger partial charge on any atom is -0.465 e. The summed E-state index contributed by atoms with van der Waals surface area (Å²) >= 11 is 1.57. The summed E-state index contributed by atoms with van der Waals surface area (Å²) in [6, 6.07) is 1.91. The van der Waals surface area contributed by atoms with Gasteiger partial charge in [0.25, 0.3) is 0 Å². The van der Waals surface area contributed by atoms with Gasteiger partial charge in [-0.15, -0.1) is 0 Å². The van der Waals surface area contributed by atoms with Gasteiger partial charge in [-0.2, -0.15) is 0 Å². The van der Waals surface area contributed by atoms with Crippen molar-refractivity contribution in [2.24, 2.45) is 0 Å². The summed E-state index contributed by atoms with van der Waals surface area (Å²) in [7, 11) is 0. The molecule has 0 aliphatic rings. The van der Waals surface area contributed by atoms with Crippen molar-refractivity contribution in [2.75, 3.05) is 12.4 Å². The number of aryl methyl sites for hydroxylation is 2. The standard InChI is InChI=1S/C15H25N3O2S/c1-6-20-14(19)13(16-10(2)3)7-8-21-15-17-11(4)9-12(5)18-15/h9-10,13,16H,6-8H2,1-5H3. The van der Waals surface area contributed by atoms with Crippen LogP contribution in [-0.4, -0.2) is 40.4 Å². The van der Waals surface area contributed by atoms with E-state index in [2.05, 4.69) is 15.3 Å². The Morgan fingerprint density at radius 1 is 1.33 bits per heavy atom. The first-order chi connectivity index (χ1) is 9.92. The van der Waals surface area contributed by atoms with E-state index in [0.29, 0.717) is 13.0 Å². The average Bonchev–Trinajstić information content (AvgIpc) is 2.36. The highest BCUT2D eigenvalue weighted by Gasteiger charge is 2.20. The molecule has 0 spiro atoms. The maximum absolute atomic E-state index is 11.9. The molecular formula is C15H25N3O2S. The van der Waals surface area contributed by atoms with Gasteiger partial charge in [0.15, 0.2) is 5.16 Å². The van der Waals surface area contributed by atoms with Crippen molar-refractivity contribution in [3.63, 3.8) is 0 Å². The van der Waals surface area contributed by atoms with Crippen molar-refractivity contribution in [3.8, 4) is 0 Å². The van der Waals surface area contributed by atoms with Gasteiger partial charge in [-0.25, -0.2) is 9.97 Å². The molecule has 0 saturated heterocycles. The maximum Gasteiger partial charge on any atom is 0.323 e. The first kappa shape index (κ1) is 17.9. The van der Waals surface area contributed by atoms with Crippen LogP contribution in [0.15, 0.2) is 11.2 Å². The number of thioether (sulfide) groups is 1. The second-order valence-corrected chi connectivity index (χ2v) is 6.26. The Morgan fingerprint density at radius 2 is 1.95 bits per heavy atom. The topological polar surface area (TPSA) is 64.1 Å². The van der Waals surface area contributed by atoms with E-state index >= 15 is 0 Å². The summed E-state index contributed by atoms with van der Waals surface area (Å²) in [6.07, 6.45) is 0.692. The van der Waals surface area contributed by atoms with Gasteiger partial charge in [0, 0.05) is 23.2 Å². The lowest BCUT2D eigenvalue weighted by atomic mass is 10.2. The van der Waals surface area contributed by atoms with E-state index in [-0.39, 0.29) is 18.1 Å². The maximum atomic E-state index is 11.9. The number of aromatic nitrogens is 2. The van der Waals surface area contributed by atoms with E-state index in [1.54, 1.807) is 11.8 Å². The first-order valence-corrected chi connectivity index (χ1v) is 8.28. The lowest BCUT2D eigenvalue weighted by Crippen LogP contribution is -2.42. The molecule has 1 aromatic rings. The number of carbonyl (C=O) groups is 1. The van der Waals surface area contributed by atoms with Gasteiger partial charge in [0.05, 0.1) is 6.61 Å². The summed E-state index contributed by atoms with van der Waals surface area (Å²) in [5, 5.41) is 4.01. The molecule has 1 N–H and O–H groups in total. The van der Waals surface area contributed by atoms with Crippen molar-refractivity contribution in [1.29, 1.82) is 0 Å². The first-order valence-electron chi connectivity index (χ1n) is 7.30. The van der Waals surface area contributed by atoms with Gasteiger partial charge >= 0.3 is 5.97 Å². The molecule has 5 nitrogen and oxygen atoms in total. The van der Waals surface area contributed by atoms with E-state index in [1.807, 2.05) is 40.7 Å². The van der Waals surface area contributed by atoms with Crippen LogP contribution in [0.2, 0.25) is 0 Å². The summed E-state index contributed by atoms with van der Waals surface area (Å²) in [4.78, 5) is 20.7. The van der Waals surface area contributed by atoms with E-state index in [9.17, 15) is 4.79 Å². The van der Waals surface area contributed by atoms with E-state index in [1.165, 1.54) is 0 Å². The van der Waals surface area contributed by atoms with Gasteiger partial charge < -0.3 is 10.1 Å². The lowest BCUT2D eigenvalue weighted by molar-refractivity contribution is -0.145. The Bertz CT molecular complexity index is 446. The summed E-state index contributed by atoms with van der Waals surface area (Å²) < 4.78 is 5.10. The lowest BCUT2D eigenvalue weighted by Gasteiger charge is -2.19. The SMILES string of the molecule is CCOC(=O)C(CCSc1nc(C)cc(C)n1)NC(C)C. The number of nitrogens with zero attached hydrogens (tertiary/aromatic N) is 2. The minimum absolute atomic E-state index is 0.187. The second kappa shape index (κ2) is 9.00. The molecule has 0 saturated carbocycles. The fourth-order valence-corrected chi connectivity index (χ4v) is 2.89. The van der Waals surface area contributed by atoms with E-state index < -0.39 is 0 Å². The molecule has 1 aromatic heterocycles. The van der Waals surface area contributed by atoms with Crippen LogP contribution >= 0.6 is 11.8 Å². The Balaban J connectivity index is 2.54. The highest BCUT2D eigenvalue weighted by Crippen LogP contribution is 2.16. The third-order valence-electron chi connectivity index (χ3n) is 2.71. The predicted octanol–water partition coefficient (Wildman–Crippen LogP) is 2.51. The highest BCUT2D eigenvalue weighted by atomic mass is 32.2. The number of hydrogen-bond donors (Lipinski definition) is 1. The quantitative estimate of drug-likeness (QED) is 0.452. The zero-order valence-electron chi connectivity index (χ0n) is 13.5. The average molecular weight is 311 g/mol. The molecule has 0 fully saturated rings. The van der Waals surface area contributed by atoms with Crippen LogP contribution in [0.3, 0.4) is 0 Å². The molecule has 0 bridgehead atoms. The van der Waals surface area contributed by atoms with Gasteiger partial charge in [-0.3, -0.25) is 4.79 Å². The van der Waals surface area contributed by atoms with Crippen LogP contribution in [0.4, 0.5) is 0 Å². The Morgan fingerprint density at radius 3 is 2.48 bits per heavy atom. The largest absolute Gasteiger partial charge is 0.465 e. The molecule has 1 unspecified atom stereocenters. The zero-order chi connectivity index (χ0) is 15.8. The fourth-order valence-electron chi connectivity index (χ4n) is 1.94. The smallest absolute Gasteiger partial charge is 0.323 e. The molecule has 0 aliphatic heterocycles. The van der Waals surface area contributed by atoms with Gasteiger partial charge in [-0.05, 0) is 33.3 Å². The van der Waals surface area contributed by atoms with Crippen LogP contribution in [0, 0.1) is 13.8 Å². The van der Waals surface area contributed by atoms with Crippen LogP contribution in [0.25, 0.3) is 0 Å². The van der Waals surface area contributed by atoms with Crippen molar-refractivity contribution in [2.45, 2.75) is 58.3 Å². The molecule has 6 heteroatoms. The van der Waals surface area contributed by atoms with E-state index in [4.69, 9.17) is 4.74 Å². The number of esters is 1. The molecule has 21 heavy (non-hydrogen) atoms. The summed E-state index contributed by atoms with van der Waals surface area (Å²) in [5.41, 5.74) is 1.93. The normalized spacial score (nSPS) is 12.5. The minimum atomic E-state index is -0.275. The predicted molar refractivity (Wildman–Crippen MR) is 85.5 cm³/mol. The molecule has 1 heterocycles. The van der Waals surface area contributed by atoms with Crippen molar-refractivity contribution < 1.29 is 9.53 Å². The molecule has 118 valence electrons. The second-order valence-electron chi connectivity index (χ2n) is 5.20. The van der Waals surface area contributed by atoms with Crippen molar-refractivity contribution >= 4 is 17.7 Å². The molecular weight excluding hydrogens is 286 g/mol. The van der Waals surface area contributed by atoms with Crippen molar-refractivity contribution in [3.05, 3.63) is 17.5 Å². The van der Waals surface area contributed by atoms with Crippen LogP contribution in [-0.2, 0) is 9.53 Å². The van der Waals surface area contributed by atoms with Gasteiger partial charge in [0.1, 0.15) is 6.04 Å². The number of hydrogen-bond acceptors (Lipinski definition) is 6. The third-order valence-corrected chi connectivity index (χ3v) is 3.59. The fraction of sp³-hybridized carbons (Fsp3) is 0.667. The Hall–Kier alpha value is -1.14. The number of ether oxygens (including phenoxy) is 1. The summed E-state index contributed by atoms with van der Waals surface area (Å²) in [6.45, 7) is 10.2. The molecule has 0 amide bonds. The number of rotatable bonds is 8. The molecule has 0 aliphatic carbocycles. The third kappa shape index (κ3) is 6.91. The highest BCUT2D eigenvalue weighted by molar-refractivity contribution is 7.99. The number of carbonyl (C=O) groups excluding carboxylic acids is 1. The number of nitrogens with one attached hydrogen (secondary N) is 1. The zero-order valence-corrected chi connectivity index (χ0v) is 14.3. The Labute approximate surface area is 131 Å². The molecule has 0 radical (unpaired) electrons. The van der Waals surface area contributed by atoms with Crippen LogP contribution in [0.5, 0.6) is 0 Å². The molecule has 1 rings (SSSR count). The van der Waals surface area contributed by atoms with Gasteiger partial charge in [0.2, 0.25) is 0 Å². The summed E-state index contributed by atoms with van der Waals surface area (Å²) in [5.74, 6) is 0.583. The monoisotopic (exact) mass is 311 g/mol. The van der Waals surface area contributed by atoms with E-state index in [0.717, 1.165) is 22.3 Å². The van der Waals surface area contributed by atoms with Crippen LogP contribution in [0.1, 0.15) is 38.6 Å². The van der Waals surface area contributed by atoms with Crippen molar-refractivity contribution in [1.82, 2.24) is 15.3 Å².